The summed E-state index contributed by atoms with van der Waals surface area (Å²) in [7, 11) is 2.96. The van der Waals surface area contributed by atoms with Crippen molar-refractivity contribution in [2.45, 2.75) is 6.54 Å². The minimum atomic E-state index is -0.412. The molecule has 0 bridgehead atoms. The molecule has 0 N–H and O–H groups in total. The average Bonchev–Trinajstić information content (AvgIpc) is 2.55. The van der Waals surface area contributed by atoms with Gasteiger partial charge in [-0.1, -0.05) is 0 Å². The van der Waals surface area contributed by atoms with E-state index in [1.807, 2.05) is 22.6 Å². The van der Waals surface area contributed by atoms with E-state index in [2.05, 4.69) is 9.84 Å². The van der Waals surface area contributed by atoms with E-state index in [-0.39, 0.29) is 0 Å². The molecule has 1 aromatic heterocycles. The zero-order valence-electron chi connectivity index (χ0n) is 7.99. The predicted molar refractivity (Wildman–Crippen MR) is 58.2 cm³/mol. The highest BCUT2D eigenvalue weighted by molar-refractivity contribution is 14.1. The quantitative estimate of drug-likeness (QED) is 0.613. The summed E-state index contributed by atoms with van der Waals surface area (Å²) in [4.78, 5) is 11.2. The number of hydrogen-bond acceptors (Lipinski definition) is 4. The Morgan fingerprint density at radius 3 is 2.93 bits per heavy atom. The van der Waals surface area contributed by atoms with Gasteiger partial charge < -0.3 is 9.47 Å². The minimum Gasteiger partial charge on any atom is -0.464 e. The maximum atomic E-state index is 11.2. The summed E-state index contributed by atoms with van der Waals surface area (Å²) in [6.45, 7) is 1.20. The number of esters is 1. The van der Waals surface area contributed by atoms with Crippen LogP contribution in [-0.4, -0.2) is 36.6 Å². The number of ether oxygens (including phenoxy) is 2. The molecule has 6 heteroatoms. The lowest BCUT2D eigenvalue weighted by Crippen LogP contribution is -2.08. The zero-order chi connectivity index (χ0) is 10.6. The van der Waals surface area contributed by atoms with Crippen LogP contribution >= 0.6 is 22.6 Å². The van der Waals surface area contributed by atoms with Gasteiger partial charge in [-0.2, -0.15) is 5.10 Å². The lowest BCUT2D eigenvalue weighted by atomic mass is 10.4. The van der Waals surface area contributed by atoms with Gasteiger partial charge in [-0.25, -0.2) is 4.79 Å². The molecule has 0 aromatic carbocycles. The van der Waals surface area contributed by atoms with E-state index in [0.717, 1.165) is 3.57 Å². The van der Waals surface area contributed by atoms with E-state index >= 15 is 0 Å². The standard InChI is InChI=1S/C8H11IN2O3/c1-13-4-3-11-5-6(9)7(10-11)8(12)14-2/h5H,3-4H2,1-2H3. The summed E-state index contributed by atoms with van der Waals surface area (Å²) in [6, 6.07) is 0. The summed E-state index contributed by atoms with van der Waals surface area (Å²) < 4.78 is 11.9. The highest BCUT2D eigenvalue weighted by atomic mass is 127. The Morgan fingerprint density at radius 1 is 1.64 bits per heavy atom. The molecule has 0 unspecified atom stereocenters. The molecule has 5 nitrogen and oxygen atoms in total. The fourth-order valence-corrected chi connectivity index (χ4v) is 1.58. The van der Waals surface area contributed by atoms with Crippen LogP contribution < -0.4 is 0 Å². The van der Waals surface area contributed by atoms with Gasteiger partial charge in [-0.3, -0.25) is 4.68 Å². The molecule has 0 saturated carbocycles. The Hall–Kier alpha value is -0.630. The molecule has 0 aliphatic carbocycles. The van der Waals surface area contributed by atoms with Crippen LogP contribution in [0.3, 0.4) is 0 Å². The van der Waals surface area contributed by atoms with Gasteiger partial charge in [0.25, 0.3) is 0 Å². The smallest absolute Gasteiger partial charge is 0.359 e. The first-order chi connectivity index (χ1) is 6.69. The third-order valence-electron chi connectivity index (χ3n) is 1.62. The number of hydrogen-bond donors (Lipinski definition) is 0. The van der Waals surface area contributed by atoms with Crippen molar-refractivity contribution in [1.82, 2.24) is 9.78 Å². The van der Waals surface area contributed by atoms with E-state index in [1.54, 1.807) is 18.0 Å². The maximum absolute atomic E-state index is 11.2. The highest BCUT2D eigenvalue weighted by Gasteiger charge is 2.14. The number of aromatic nitrogens is 2. The molecule has 0 aliphatic heterocycles. The second-order valence-electron chi connectivity index (χ2n) is 2.57. The van der Waals surface area contributed by atoms with Gasteiger partial charge in [0.15, 0.2) is 5.69 Å². The van der Waals surface area contributed by atoms with Crippen molar-refractivity contribution in [2.24, 2.45) is 0 Å². The molecule has 0 fully saturated rings. The van der Waals surface area contributed by atoms with Crippen molar-refractivity contribution in [3.05, 3.63) is 15.5 Å². The van der Waals surface area contributed by atoms with Crippen LogP contribution in [0.25, 0.3) is 0 Å². The summed E-state index contributed by atoms with van der Waals surface area (Å²) in [6.07, 6.45) is 1.78. The second-order valence-corrected chi connectivity index (χ2v) is 3.74. The first-order valence-electron chi connectivity index (χ1n) is 3.99. The largest absolute Gasteiger partial charge is 0.464 e. The lowest BCUT2D eigenvalue weighted by molar-refractivity contribution is 0.0591. The van der Waals surface area contributed by atoms with Crippen LogP contribution in [-0.2, 0) is 16.0 Å². The molecule has 0 saturated heterocycles. The SMILES string of the molecule is COCCn1cc(I)c(C(=O)OC)n1. The third-order valence-corrected chi connectivity index (χ3v) is 2.41. The number of carbonyl (C=O) groups excluding carboxylic acids is 1. The topological polar surface area (TPSA) is 53.4 Å². The van der Waals surface area contributed by atoms with Crippen molar-refractivity contribution in [2.75, 3.05) is 20.8 Å². The molecule has 0 radical (unpaired) electrons. The van der Waals surface area contributed by atoms with Gasteiger partial charge in [0.2, 0.25) is 0 Å². The van der Waals surface area contributed by atoms with Gasteiger partial charge in [0.1, 0.15) is 0 Å². The predicted octanol–water partition coefficient (Wildman–Crippen LogP) is 0.921. The molecule has 0 spiro atoms. The summed E-state index contributed by atoms with van der Waals surface area (Å²) in [5.41, 5.74) is 0.351. The van der Waals surface area contributed by atoms with Crippen LogP contribution in [0.2, 0.25) is 0 Å². The Labute approximate surface area is 95.5 Å². The Kier molecular flexibility index (Phi) is 4.33. The molecule has 14 heavy (non-hydrogen) atoms. The average molecular weight is 310 g/mol. The molecule has 0 aliphatic rings. The summed E-state index contributed by atoms with van der Waals surface area (Å²) in [5.74, 6) is -0.412. The normalized spacial score (nSPS) is 10.2. The van der Waals surface area contributed by atoms with E-state index in [1.165, 1.54) is 7.11 Å². The van der Waals surface area contributed by atoms with Crippen molar-refractivity contribution in [3.8, 4) is 0 Å². The number of nitrogens with zero attached hydrogens (tertiary/aromatic N) is 2. The number of halogens is 1. The molecular formula is C8H11IN2O3. The summed E-state index contributed by atoms with van der Waals surface area (Å²) >= 11 is 2.05. The van der Waals surface area contributed by atoms with E-state index in [0.29, 0.717) is 18.8 Å². The van der Waals surface area contributed by atoms with Crippen LogP contribution in [0.4, 0.5) is 0 Å². The zero-order valence-corrected chi connectivity index (χ0v) is 10.1. The van der Waals surface area contributed by atoms with Gasteiger partial charge >= 0.3 is 5.97 Å². The highest BCUT2D eigenvalue weighted by Crippen LogP contribution is 2.10. The van der Waals surface area contributed by atoms with Gasteiger partial charge in [0.05, 0.1) is 23.8 Å². The molecule has 1 aromatic rings. The van der Waals surface area contributed by atoms with Crippen LogP contribution in [0.5, 0.6) is 0 Å². The molecule has 78 valence electrons. The third kappa shape index (κ3) is 2.68. The van der Waals surface area contributed by atoms with Crippen LogP contribution in [0, 0.1) is 3.57 Å². The summed E-state index contributed by atoms with van der Waals surface area (Å²) in [5, 5.41) is 4.07. The first kappa shape index (κ1) is 11.4. The van der Waals surface area contributed by atoms with Gasteiger partial charge in [-0.15, -0.1) is 0 Å². The Morgan fingerprint density at radius 2 is 2.36 bits per heavy atom. The van der Waals surface area contributed by atoms with Crippen molar-refractivity contribution >= 4 is 28.6 Å². The number of rotatable bonds is 4. The van der Waals surface area contributed by atoms with E-state index in [9.17, 15) is 4.79 Å². The molecule has 1 heterocycles. The molecular weight excluding hydrogens is 299 g/mol. The molecule has 1 rings (SSSR count). The van der Waals surface area contributed by atoms with Gasteiger partial charge in [-0.05, 0) is 22.6 Å². The monoisotopic (exact) mass is 310 g/mol. The van der Waals surface area contributed by atoms with Crippen LogP contribution in [0.1, 0.15) is 10.5 Å². The maximum Gasteiger partial charge on any atom is 0.359 e. The van der Waals surface area contributed by atoms with Crippen molar-refractivity contribution < 1.29 is 14.3 Å². The fraction of sp³-hybridized carbons (Fsp3) is 0.500. The van der Waals surface area contributed by atoms with E-state index < -0.39 is 5.97 Å². The minimum absolute atomic E-state index is 0.351. The Bertz CT molecular complexity index is 324. The second kappa shape index (κ2) is 5.30. The fourth-order valence-electron chi connectivity index (χ4n) is 0.931. The van der Waals surface area contributed by atoms with Crippen LogP contribution in [0.15, 0.2) is 6.20 Å². The van der Waals surface area contributed by atoms with Crippen molar-refractivity contribution in [3.63, 3.8) is 0 Å². The molecule has 0 amide bonds. The number of carbonyl (C=O) groups is 1. The van der Waals surface area contributed by atoms with E-state index in [4.69, 9.17) is 4.74 Å². The number of methoxy groups -OCH3 is 2. The Balaban J connectivity index is 2.77. The van der Waals surface area contributed by atoms with Crippen molar-refractivity contribution in [1.29, 1.82) is 0 Å². The molecule has 0 atom stereocenters. The van der Waals surface area contributed by atoms with Gasteiger partial charge in [0, 0.05) is 13.3 Å². The lowest BCUT2D eigenvalue weighted by Gasteiger charge is -1.98. The first-order valence-corrected chi connectivity index (χ1v) is 5.07.